The molecule has 0 aliphatic rings. The summed E-state index contributed by atoms with van der Waals surface area (Å²) in [5.74, 6) is -1.17. The van der Waals surface area contributed by atoms with Crippen LogP contribution in [0.4, 0.5) is 4.39 Å². The van der Waals surface area contributed by atoms with Gasteiger partial charge >= 0.3 is 4.87 Å². The minimum atomic E-state index is -4.06. The van der Waals surface area contributed by atoms with Gasteiger partial charge in [-0.1, -0.05) is 23.5 Å². The van der Waals surface area contributed by atoms with Gasteiger partial charge in [0.15, 0.2) is 0 Å². The fourth-order valence-electron chi connectivity index (χ4n) is 2.31. The monoisotopic (exact) mass is 380 g/mol. The van der Waals surface area contributed by atoms with E-state index in [-0.39, 0.29) is 16.2 Å². The standard InChI is InChI=1S/C16H13FN2O4S2/c1-19-13-7-6-12(9-14(13)24-16(19)21)25(22,23)18-15(20)8-10-2-4-11(17)5-3-10/h2-7,9H,8H2,1H3,(H,18,20). The quantitative estimate of drug-likeness (QED) is 0.748. The predicted molar refractivity (Wildman–Crippen MR) is 92.5 cm³/mol. The number of aryl methyl sites for hydroxylation is 1. The zero-order valence-corrected chi connectivity index (χ0v) is 14.7. The Hall–Kier alpha value is -2.52. The highest BCUT2D eigenvalue weighted by Crippen LogP contribution is 2.21. The van der Waals surface area contributed by atoms with Gasteiger partial charge in [-0.25, -0.2) is 17.5 Å². The summed E-state index contributed by atoms with van der Waals surface area (Å²) < 4.78 is 41.5. The maximum Gasteiger partial charge on any atom is 0.307 e. The van der Waals surface area contributed by atoms with Crippen LogP contribution in [0.2, 0.25) is 0 Å². The normalized spacial score (nSPS) is 11.6. The number of amides is 1. The molecule has 1 heterocycles. The lowest BCUT2D eigenvalue weighted by molar-refractivity contribution is -0.118. The molecule has 3 rings (SSSR count). The van der Waals surface area contributed by atoms with E-state index in [0.717, 1.165) is 11.3 Å². The van der Waals surface area contributed by atoms with Crippen molar-refractivity contribution in [1.29, 1.82) is 0 Å². The van der Waals surface area contributed by atoms with E-state index in [9.17, 15) is 22.4 Å². The third-order valence-electron chi connectivity index (χ3n) is 3.60. The highest BCUT2D eigenvalue weighted by molar-refractivity contribution is 7.90. The van der Waals surface area contributed by atoms with Crippen molar-refractivity contribution >= 4 is 37.5 Å². The number of sulfonamides is 1. The van der Waals surface area contributed by atoms with E-state index in [1.807, 2.05) is 4.72 Å². The first-order valence-corrected chi connectivity index (χ1v) is 9.46. The second-order valence-corrected chi connectivity index (χ2v) is 8.06. The Morgan fingerprint density at radius 2 is 1.88 bits per heavy atom. The average molecular weight is 380 g/mol. The summed E-state index contributed by atoms with van der Waals surface area (Å²) in [5, 5.41) is 0. The van der Waals surface area contributed by atoms with Gasteiger partial charge in [0.1, 0.15) is 5.82 Å². The van der Waals surface area contributed by atoms with Crippen LogP contribution in [0, 0.1) is 5.82 Å². The number of rotatable bonds is 4. The highest BCUT2D eigenvalue weighted by Gasteiger charge is 2.19. The number of nitrogens with one attached hydrogen (secondary N) is 1. The molecule has 0 saturated carbocycles. The maximum absolute atomic E-state index is 12.9. The molecule has 3 aromatic rings. The van der Waals surface area contributed by atoms with E-state index in [4.69, 9.17) is 0 Å². The van der Waals surface area contributed by atoms with Gasteiger partial charge in [0, 0.05) is 7.05 Å². The molecule has 0 aliphatic heterocycles. The van der Waals surface area contributed by atoms with Gasteiger partial charge in [-0.05, 0) is 35.9 Å². The summed E-state index contributed by atoms with van der Waals surface area (Å²) >= 11 is 0.927. The van der Waals surface area contributed by atoms with Crippen LogP contribution in [-0.2, 0) is 28.3 Å². The van der Waals surface area contributed by atoms with E-state index in [1.165, 1.54) is 47.0 Å². The molecule has 25 heavy (non-hydrogen) atoms. The van der Waals surface area contributed by atoms with Crippen LogP contribution in [0.15, 0.2) is 52.2 Å². The Kier molecular flexibility index (Phi) is 4.44. The van der Waals surface area contributed by atoms with Crippen molar-refractivity contribution in [3.8, 4) is 0 Å². The number of hydrogen-bond donors (Lipinski definition) is 1. The summed E-state index contributed by atoms with van der Waals surface area (Å²) in [6.07, 6.45) is -0.194. The molecule has 130 valence electrons. The first kappa shape index (κ1) is 17.3. The maximum atomic E-state index is 12.9. The molecule has 0 spiro atoms. The van der Waals surface area contributed by atoms with E-state index in [0.29, 0.717) is 15.8 Å². The number of carbonyl (C=O) groups is 1. The zero-order valence-electron chi connectivity index (χ0n) is 13.0. The lowest BCUT2D eigenvalue weighted by atomic mass is 10.1. The Morgan fingerprint density at radius 3 is 2.56 bits per heavy atom. The first-order chi connectivity index (χ1) is 11.8. The minimum absolute atomic E-state index is 0.102. The molecule has 1 N–H and O–H groups in total. The number of carbonyl (C=O) groups excluding carboxylic acids is 1. The number of thiazole rings is 1. The summed E-state index contributed by atoms with van der Waals surface area (Å²) in [5.41, 5.74) is 1.11. The Bertz CT molecular complexity index is 1120. The largest absolute Gasteiger partial charge is 0.307 e. The number of nitrogens with zero attached hydrogens (tertiary/aromatic N) is 1. The van der Waals surface area contributed by atoms with Crippen LogP contribution in [0.5, 0.6) is 0 Å². The van der Waals surface area contributed by atoms with E-state index in [2.05, 4.69) is 0 Å². The second-order valence-electron chi connectivity index (χ2n) is 5.39. The zero-order chi connectivity index (χ0) is 18.2. The van der Waals surface area contributed by atoms with Gasteiger partial charge in [-0.2, -0.15) is 0 Å². The average Bonchev–Trinajstić information content (AvgIpc) is 2.83. The molecule has 0 bridgehead atoms. The predicted octanol–water partition coefficient (Wildman–Crippen LogP) is 1.79. The molecule has 0 radical (unpaired) electrons. The SMILES string of the molecule is Cn1c(=O)sc2cc(S(=O)(=O)NC(=O)Cc3ccc(F)cc3)ccc21. The van der Waals surface area contributed by atoms with Crippen molar-refractivity contribution in [2.45, 2.75) is 11.3 Å². The fraction of sp³-hybridized carbons (Fsp3) is 0.125. The number of halogens is 1. The highest BCUT2D eigenvalue weighted by atomic mass is 32.2. The number of fused-ring (bicyclic) bond motifs is 1. The molecule has 1 aromatic heterocycles. The van der Waals surface area contributed by atoms with Gasteiger partial charge in [0.2, 0.25) is 5.91 Å². The van der Waals surface area contributed by atoms with Crippen molar-refractivity contribution in [3.63, 3.8) is 0 Å². The van der Waals surface area contributed by atoms with Crippen molar-refractivity contribution in [3.05, 3.63) is 63.5 Å². The summed E-state index contributed by atoms with van der Waals surface area (Å²) in [4.78, 5) is 23.3. The number of hydrogen-bond acceptors (Lipinski definition) is 5. The van der Waals surface area contributed by atoms with Gasteiger partial charge in [-0.3, -0.25) is 9.59 Å². The van der Waals surface area contributed by atoms with Gasteiger partial charge in [0.25, 0.3) is 10.0 Å². The molecule has 9 heteroatoms. The van der Waals surface area contributed by atoms with E-state index >= 15 is 0 Å². The second kappa shape index (κ2) is 6.41. The lowest BCUT2D eigenvalue weighted by Gasteiger charge is -2.07. The number of benzene rings is 2. The topological polar surface area (TPSA) is 85.2 Å². The van der Waals surface area contributed by atoms with Crippen LogP contribution in [-0.4, -0.2) is 18.9 Å². The van der Waals surface area contributed by atoms with Crippen molar-refractivity contribution < 1.29 is 17.6 Å². The van der Waals surface area contributed by atoms with Gasteiger partial charge < -0.3 is 4.57 Å². The van der Waals surface area contributed by atoms with Gasteiger partial charge in [-0.15, -0.1) is 0 Å². The Labute approximate surface area is 146 Å². The minimum Gasteiger partial charge on any atom is -0.302 e. The molecule has 0 aliphatic carbocycles. The first-order valence-electron chi connectivity index (χ1n) is 7.16. The smallest absolute Gasteiger partial charge is 0.302 e. The lowest BCUT2D eigenvalue weighted by Crippen LogP contribution is -2.31. The molecule has 0 unspecified atom stereocenters. The molecule has 2 aromatic carbocycles. The summed E-state index contributed by atoms with van der Waals surface area (Å²) in [6.45, 7) is 0. The van der Waals surface area contributed by atoms with Crippen LogP contribution >= 0.6 is 11.3 Å². The fourth-order valence-corrected chi connectivity index (χ4v) is 4.32. The van der Waals surface area contributed by atoms with Crippen LogP contribution in [0.1, 0.15) is 5.56 Å². The number of aromatic nitrogens is 1. The summed E-state index contributed by atoms with van der Waals surface area (Å²) in [7, 11) is -2.46. The van der Waals surface area contributed by atoms with Crippen LogP contribution in [0.25, 0.3) is 10.2 Å². The third kappa shape index (κ3) is 3.62. The Morgan fingerprint density at radius 1 is 1.20 bits per heavy atom. The van der Waals surface area contributed by atoms with E-state index < -0.39 is 21.7 Å². The van der Waals surface area contributed by atoms with Crippen LogP contribution in [0.3, 0.4) is 0 Å². The van der Waals surface area contributed by atoms with Crippen LogP contribution < -0.4 is 9.60 Å². The molecule has 6 nitrogen and oxygen atoms in total. The van der Waals surface area contributed by atoms with Crippen molar-refractivity contribution in [2.24, 2.45) is 7.05 Å². The molecule has 1 amide bonds. The molecule has 0 fully saturated rings. The molecule has 0 saturated heterocycles. The summed E-state index contributed by atoms with van der Waals surface area (Å²) in [6, 6.07) is 9.43. The Balaban J connectivity index is 1.82. The molecule has 0 atom stereocenters. The van der Waals surface area contributed by atoms with Crippen molar-refractivity contribution in [1.82, 2.24) is 9.29 Å². The van der Waals surface area contributed by atoms with Crippen molar-refractivity contribution in [2.75, 3.05) is 0 Å². The van der Waals surface area contributed by atoms with Gasteiger partial charge in [0.05, 0.1) is 21.5 Å². The molecular weight excluding hydrogens is 367 g/mol. The van der Waals surface area contributed by atoms with E-state index in [1.54, 1.807) is 7.05 Å². The third-order valence-corrected chi connectivity index (χ3v) is 5.97. The molecular formula is C16H13FN2O4S2.